The fourth-order valence-corrected chi connectivity index (χ4v) is 6.80. The summed E-state index contributed by atoms with van der Waals surface area (Å²) in [5.41, 5.74) is 3.92. The molecule has 0 radical (unpaired) electrons. The van der Waals surface area contributed by atoms with Crippen molar-refractivity contribution < 1.29 is 13.5 Å². The molecular weight excluding hydrogens is 398 g/mol. The Hall–Kier alpha value is -2.35. The van der Waals surface area contributed by atoms with Crippen molar-refractivity contribution in [3.05, 3.63) is 48.5 Å². The normalized spacial score (nSPS) is 26.4. The summed E-state index contributed by atoms with van der Waals surface area (Å²) in [5.74, 6) is 0.301. The number of rotatable bonds is 4. The standard InChI is InChI=1S/C23H25N3O3S/c27-23-12-17-10-16(23)14-26(17)22-7-6-18(30(28,29)25-8-3-9-25)13-19(22)21-11-15-4-1-2-5-20(15)24-21/h1-2,4-7,11,13,16-17,23-24,27H,3,8-10,12,14H2/t16-,17-,23-/m1/s1. The number of aromatic nitrogens is 1. The summed E-state index contributed by atoms with van der Waals surface area (Å²) in [6.45, 7) is 2.01. The summed E-state index contributed by atoms with van der Waals surface area (Å²) in [4.78, 5) is 6.19. The van der Waals surface area contributed by atoms with E-state index < -0.39 is 10.0 Å². The average Bonchev–Trinajstić information content (AvgIpc) is 3.38. The Morgan fingerprint density at radius 1 is 1.03 bits per heavy atom. The maximum atomic E-state index is 13.0. The number of nitrogens with one attached hydrogen (secondary N) is 1. The molecule has 6 rings (SSSR count). The molecule has 156 valence electrons. The van der Waals surface area contributed by atoms with E-state index in [0.717, 1.165) is 53.7 Å². The van der Waals surface area contributed by atoms with E-state index in [-0.39, 0.29) is 6.10 Å². The van der Waals surface area contributed by atoms with Crippen molar-refractivity contribution in [3.8, 4) is 11.3 Å². The molecule has 1 saturated carbocycles. The molecule has 30 heavy (non-hydrogen) atoms. The fraction of sp³-hybridized carbons (Fsp3) is 0.391. The summed E-state index contributed by atoms with van der Waals surface area (Å²) in [7, 11) is -3.46. The van der Waals surface area contributed by atoms with Gasteiger partial charge < -0.3 is 15.0 Å². The first-order valence-corrected chi connectivity index (χ1v) is 12.1. The molecule has 2 N–H and O–H groups in total. The second-order valence-electron chi connectivity index (χ2n) is 8.81. The van der Waals surface area contributed by atoms with Gasteiger partial charge in [-0.05, 0) is 49.6 Å². The number of benzene rings is 2. The average molecular weight is 424 g/mol. The van der Waals surface area contributed by atoms with Crippen LogP contribution in [-0.4, -0.2) is 54.6 Å². The highest BCUT2D eigenvalue weighted by Crippen LogP contribution is 2.44. The van der Waals surface area contributed by atoms with Gasteiger partial charge in [-0.1, -0.05) is 18.2 Å². The minimum Gasteiger partial charge on any atom is -0.393 e. The zero-order valence-electron chi connectivity index (χ0n) is 16.7. The van der Waals surface area contributed by atoms with Gasteiger partial charge in [-0.2, -0.15) is 4.31 Å². The van der Waals surface area contributed by atoms with Crippen LogP contribution < -0.4 is 4.90 Å². The molecule has 3 aliphatic rings. The lowest BCUT2D eigenvalue weighted by molar-refractivity contribution is 0.127. The van der Waals surface area contributed by atoms with Crippen molar-refractivity contribution in [2.24, 2.45) is 5.92 Å². The van der Waals surface area contributed by atoms with Gasteiger partial charge in [-0.25, -0.2) is 8.42 Å². The van der Waals surface area contributed by atoms with E-state index in [1.54, 1.807) is 10.4 Å². The molecule has 1 aromatic heterocycles. The molecule has 3 aromatic rings. The number of aliphatic hydroxyl groups is 1. The fourth-order valence-electron chi connectivity index (χ4n) is 5.26. The number of hydrogen-bond acceptors (Lipinski definition) is 4. The van der Waals surface area contributed by atoms with Crippen molar-refractivity contribution >= 4 is 26.6 Å². The summed E-state index contributed by atoms with van der Waals surface area (Å²) in [6.07, 6.45) is 2.49. The van der Waals surface area contributed by atoms with Crippen molar-refractivity contribution in [3.63, 3.8) is 0 Å². The minimum atomic E-state index is -3.46. The molecular formula is C23H25N3O3S. The number of nitrogens with zero attached hydrogens (tertiary/aromatic N) is 2. The van der Waals surface area contributed by atoms with Gasteiger partial charge in [0.25, 0.3) is 0 Å². The first-order valence-electron chi connectivity index (χ1n) is 10.7. The van der Waals surface area contributed by atoms with Gasteiger partial charge >= 0.3 is 0 Å². The molecule has 2 aliphatic heterocycles. The van der Waals surface area contributed by atoms with E-state index in [0.29, 0.717) is 29.9 Å². The smallest absolute Gasteiger partial charge is 0.243 e. The van der Waals surface area contributed by atoms with Crippen molar-refractivity contribution in [1.29, 1.82) is 0 Å². The van der Waals surface area contributed by atoms with Crippen LogP contribution in [0.5, 0.6) is 0 Å². The van der Waals surface area contributed by atoms with Gasteiger partial charge in [-0.15, -0.1) is 0 Å². The number of H-pyrrole nitrogens is 1. The number of sulfonamides is 1. The summed E-state index contributed by atoms with van der Waals surface area (Å²) in [5, 5.41) is 11.3. The highest BCUT2D eigenvalue weighted by atomic mass is 32.2. The Morgan fingerprint density at radius 3 is 2.53 bits per heavy atom. The van der Waals surface area contributed by atoms with E-state index in [4.69, 9.17) is 0 Å². The Balaban J connectivity index is 1.49. The maximum Gasteiger partial charge on any atom is 0.243 e. The van der Waals surface area contributed by atoms with Crippen LogP contribution in [0.2, 0.25) is 0 Å². The number of anilines is 1. The summed E-state index contributed by atoms with van der Waals surface area (Å²) >= 11 is 0. The molecule has 0 amide bonds. The Bertz CT molecular complexity index is 1200. The first-order chi connectivity index (χ1) is 14.5. The van der Waals surface area contributed by atoms with Gasteiger partial charge in [-0.3, -0.25) is 0 Å². The lowest BCUT2D eigenvalue weighted by atomic mass is 10.0. The monoisotopic (exact) mass is 423 g/mol. The first kappa shape index (κ1) is 18.4. The van der Waals surface area contributed by atoms with Gasteiger partial charge in [0.2, 0.25) is 10.0 Å². The highest BCUT2D eigenvalue weighted by molar-refractivity contribution is 7.89. The minimum absolute atomic E-state index is 0.214. The van der Waals surface area contributed by atoms with Crippen LogP contribution in [0.4, 0.5) is 5.69 Å². The number of piperidine rings is 1. The molecule has 2 saturated heterocycles. The molecule has 1 aliphatic carbocycles. The van der Waals surface area contributed by atoms with Gasteiger partial charge in [0.15, 0.2) is 0 Å². The van der Waals surface area contributed by atoms with Crippen molar-refractivity contribution in [2.45, 2.75) is 36.3 Å². The Kier molecular flexibility index (Phi) is 4.04. The van der Waals surface area contributed by atoms with E-state index in [9.17, 15) is 13.5 Å². The van der Waals surface area contributed by atoms with Crippen LogP contribution in [0.15, 0.2) is 53.4 Å². The predicted octanol–water partition coefficient (Wildman–Crippen LogP) is 3.19. The zero-order valence-corrected chi connectivity index (χ0v) is 17.5. The largest absolute Gasteiger partial charge is 0.393 e. The van der Waals surface area contributed by atoms with Crippen LogP contribution in [0.25, 0.3) is 22.2 Å². The number of aliphatic hydroxyl groups excluding tert-OH is 1. The van der Waals surface area contributed by atoms with E-state index in [1.807, 2.05) is 30.3 Å². The van der Waals surface area contributed by atoms with E-state index in [2.05, 4.69) is 22.0 Å². The molecule has 3 atom stereocenters. The third kappa shape index (κ3) is 2.72. The lowest BCUT2D eigenvalue weighted by Gasteiger charge is -2.33. The molecule has 0 spiro atoms. The number of aromatic amines is 1. The Morgan fingerprint density at radius 2 is 1.87 bits per heavy atom. The SMILES string of the molecule is O=S(=O)(c1ccc(N2C[C@H]3C[C@@H]2C[C@H]3O)c(-c2cc3ccccc3[nH]2)c1)N1CCC1. The Labute approximate surface area is 176 Å². The second-order valence-corrected chi connectivity index (χ2v) is 10.7. The number of para-hydroxylation sites is 1. The van der Waals surface area contributed by atoms with Crippen LogP contribution in [0.3, 0.4) is 0 Å². The quantitative estimate of drug-likeness (QED) is 0.676. The summed E-state index contributed by atoms with van der Waals surface area (Å²) in [6, 6.07) is 16.0. The molecule has 2 aromatic carbocycles. The summed E-state index contributed by atoms with van der Waals surface area (Å²) < 4.78 is 27.6. The van der Waals surface area contributed by atoms with Crippen LogP contribution in [0, 0.1) is 5.92 Å². The molecule has 0 unspecified atom stereocenters. The van der Waals surface area contributed by atoms with Crippen molar-refractivity contribution in [1.82, 2.24) is 9.29 Å². The van der Waals surface area contributed by atoms with E-state index in [1.165, 1.54) is 0 Å². The van der Waals surface area contributed by atoms with Gasteiger partial charge in [0.1, 0.15) is 0 Å². The number of fused-ring (bicyclic) bond motifs is 3. The molecule has 7 heteroatoms. The zero-order chi connectivity index (χ0) is 20.5. The lowest BCUT2D eigenvalue weighted by Crippen LogP contribution is -2.42. The second kappa shape index (κ2) is 6.57. The van der Waals surface area contributed by atoms with Crippen LogP contribution >= 0.6 is 0 Å². The molecule has 6 nitrogen and oxygen atoms in total. The number of hydrogen-bond donors (Lipinski definition) is 2. The van der Waals surface area contributed by atoms with Crippen LogP contribution in [0.1, 0.15) is 19.3 Å². The van der Waals surface area contributed by atoms with Gasteiger partial charge in [0, 0.05) is 59.4 Å². The predicted molar refractivity (Wildman–Crippen MR) is 117 cm³/mol. The van der Waals surface area contributed by atoms with Crippen LogP contribution in [-0.2, 0) is 10.0 Å². The third-order valence-corrected chi connectivity index (χ3v) is 8.95. The van der Waals surface area contributed by atoms with E-state index >= 15 is 0 Å². The molecule has 3 fully saturated rings. The maximum absolute atomic E-state index is 13.0. The van der Waals surface area contributed by atoms with Crippen molar-refractivity contribution in [2.75, 3.05) is 24.5 Å². The molecule has 2 bridgehead atoms. The third-order valence-electron chi connectivity index (χ3n) is 7.05. The highest BCUT2D eigenvalue weighted by Gasteiger charge is 2.44. The van der Waals surface area contributed by atoms with Gasteiger partial charge in [0.05, 0.1) is 11.0 Å². The molecule has 3 heterocycles. The topological polar surface area (TPSA) is 76.6 Å².